The summed E-state index contributed by atoms with van der Waals surface area (Å²) < 4.78 is 5.22. The number of imide groups is 1. The van der Waals surface area contributed by atoms with Crippen LogP contribution in [-0.4, -0.2) is 34.2 Å². The summed E-state index contributed by atoms with van der Waals surface area (Å²) in [5, 5.41) is 11.2. The monoisotopic (exact) mass is 536 g/mol. The molecule has 3 aromatic rings. The number of benzene rings is 3. The Bertz CT molecular complexity index is 1400. The number of ether oxygens (including phenoxy) is 1. The Morgan fingerprint density at radius 1 is 0.838 bits per heavy atom. The maximum atomic E-state index is 13.7. The van der Waals surface area contributed by atoms with Gasteiger partial charge in [0.2, 0.25) is 11.8 Å². The van der Waals surface area contributed by atoms with Crippen LogP contribution in [0.3, 0.4) is 0 Å². The molecule has 0 spiro atoms. The number of esters is 1. The highest BCUT2D eigenvalue weighted by molar-refractivity contribution is 6.36. The van der Waals surface area contributed by atoms with E-state index in [4.69, 9.17) is 27.9 Å². The number of para-hydroxylation sites is 1. The van der Waals surface area contributed by atoms with E-state index in [2.05, 4.69) is 0 Å². The van der Waals surface area contributed by atoms with E-state index in [1.165, 1.54) is 18.2 Å². The largest absolute Gasteiger partial charge is 0.459 e. The second kappa shape index (κ2) is 8.13. The van der Waals surface area contributed by atoms with E-state index in [1.54, 1.807) is 30.3 Å². The van der Waals surface area contributed by atoms with E-state index in [0.717, 1.165) is 4.90 Å². The molecule has 0 saturated carbocycles. The van der Waals surface area contributed by atoms with Crippen molar-refractivity contribution in [3.63, 3.8) is 0 Å². The summed E-state index contributed by atoms with van der Waals surface area (Å²) in [5.74, 6) is -4.14. The lowest BCUT2D eigenvalue weighted by Crippen LogP contribution is -2.57. The van der Waals surface area contributed by atoms with Gasteiger partial charge in [-0.05, 0) is 28.3 Å². The highest BCUT2D eigenvalue weighted by atomic mass is 35.5. The summed E-state index contributed by atoms with van der Waals surface area (Å²) in [6, 6.07) is 20.3. The van der Waals surface area contributed by atoms with Gasteiger partial charge in [-0.15, -0.1) is 23.2 Å². The normalized spacial score (nSPS) is 26.9. The molecular formula is C27H18Cl2N2O6. The van der Waals surface area contributed by atoms with E-state index >= 15 is 0 Å². The molecule has 7 rings (SSSR count). The van der Waals surface area contributed by atoms with Gasteiger partial charge in [-0.25, -0.2) is 0 Å². The summed E-state index contributed by atoms with van der Waals surface area (Å²) in [7, 11) is 0. The van der Waals surface area contributed by atoms with Gasteiger partial charge in [0, 0.05) is 6.07 Å². The summed E-state index contributed by atoms with van der Waals surface area (Å²) >= 11 is 14.7. The Kier molecular flexibility index (Phi) is 5.19. The molecule has 3 aromatic carbocycles. The van der Waals surface area contributed by atoms with Crippen LogP contribution >= 0.6 is 23.2 Å². The number of hydrogen-bond donors (Lipinski definition) is 0. The van der Waals surface area contributed by atoms with Crippen LogP contribution in [0.25, 0.3) is 0 Å². The SMILES string of the molecule is O=C(CN1C(=O)[C@H]2[C@H](C1=O)C1(Cl)c3ccccc3C2(Cl)c2ccccc21)OCc1ccccc1[N+](=O)[O-]. The lowest BCUT2D eigenvalue weighted by atomic mass is 9.54. The van der Waals surface area contributed by atoms with Crippen molar-refractivity contribution in [3.8, 4) is 0 Å². The lowest BCUT2D eigenvalue weighted by Gasteiger charge is -2.54. The molecule has 4 aliphatic rings. The molecule has 1 heterocycles. The van der Waals surface area contributed by atoms with Crippen molar-refractivity contribution in [1.82, 2.24) is 4.90 Å². The Balaban J connectivity index is 1.33. The zero-order valence-electron chi connectivity index (χ0n) is 19.1. The minimum Gasteiger partial charge on any atom is -0.459 e. The van der Waals surface area contributed by atoms with Crippen LogP contribution < -0.4 is 0 Å². The molecule has 2 bridgehead atoms. The quantitative estimate of drug-likeness (QED) is 0.159. The molecule has 2 atom stereocenters. The Labute approximate surface area is 220 Å². The third-order valence-corrected chi connectivity index (χ3v) is 8.83. The number of carbonyl (C=O) groups excluding carboxylic acids is 3. The first-order chi connectivity index (χ1) is 17.7. The van der Waals surface area contributed by atoms with Crippen molar-refractivity contribution in [1.29, 1.82) is 0 Å². The molecular weight excluding hydrogens is 519 g/mol. The molecule has 1 aliphatic heterocycles. The van der Waals surface area contributed by atoms with Gasteiger partial charge in [0.25, 0.3) is 5.69 Å². The minimum atomic E-state index is -1.34. The van der Waals surface area contributed by atoms with Gasteiger partial charge < -0.3 is 4.74 Å². The fraction of sp³-hybridized carbons (Fsp3) is 0.222. The summed E-state index contributed by atoms with van der Waals surface area (Å²) in [4.78, 5) is 49.0. The van der Waals surface area contributed by atoms with Crippen molar-refractivity contribution in [2.45, 2.75) is 16.4 Å². The van der Waals surface area contributed by atoms with Crippen molar-refractivity contribution < 1.29 is 24.0 Å². The van der Waals surface area contributed by atoms with Gasteiger partial charge in [0.15, 0.2) is 0 Å². The number of nitro benzene ring substituents is 1. The van der Waals surface area contributed by atoms with E-state index < -0.39 is 50.8 Å². The van der Waals surface area contributed by atoms with E-state index in [-0.39, 0.29) is 17.9 Å². The molecule has 2 amide bonds. The third kappa shape index (κ3) is 3.06. The number of rotatable bonds is 5. The number of alkyl halides is 2. The van der Waals surface area contributed by atoms with Crippen LogP contribution in [0.1, 0.15) is 27.8 Å². The second-order valence-corrected chi connectivity index (χ2v) is 10.5. The van der Waals surface area contributed by atoms with Gasteiger partial charge in [-0.1, -0.05) is 60.7 Å². The average Bonchev–Trinajstić information content (AvgIpc) is 3.16. The molecule has 0 unspecified atom stereocenters. The zero-order valence-corrected chi connectivity index (χ0v) is 20.6. The highest BCUT2D eigenvalue weighted by Crippen LogP contribution is 2.69. The van der Waals surface area contributed by atoms with E-state index in [0.29, 0.717) is 22.3 Å². The molecule has 0 aromatic heterocycles. The highest BCUT2D eigenvalue weighted by Gasteiger charge is 2.73. The third-order valence-electron chi connectivity index (χ3n) is 7.54. The topological polar surface area (TPSA) is 107 Å². The molecule has 1 fully saturated rings. The maximum Gasteiger partial charge on any atom is 0.326 e. The van der Waals surface area contributed by atoms with Crippen LogP contribution in [0.2, 0.25) is 0 Å². The first-order valence-electron chi connectivity index (χ1n) is 11.5. The molecule has 3 aliphatic carbocycles. The number of likely N-dealkylation sites (tertiary alicyclic amines) is 1. The zero-order chi connectivity index (χ0) is 26.1. The van der Waals surface area contributed by atoms with E-state index in [9.17, 15) is 24.5 Å². The molecule has 0 N–H and O–H groups in total. The maximum absolute atomic E-state index is 13.7. The molecule has 0 radical (unpaired) electrons. The first kappa shape index (κ1) is 23.6. The number of nitro groups is 1. The number of carbonyl (C=O) groups is 3. The predicted octanol–water partition coefficient (Wildman–Crippen LogP) is 4.23. The summed E-state index contributed by atoms with van der Waals surface area (Å²) in [6.45, 7) is -1.03. The lowest BCUT2D eigenvalue weighted by molar-refractivity contribution is -0.385. The average molecular weight is 537 g/mol. The fourth-order valence-corrected chi connectivity index (χ4v) is 7.12. The molecule has 8 nitrogen and oxygen atoms in total. The van der Waals surface area contributed by atoms with Crippen LogP contribution in [0.4, 0.5) is 5.69 Å². The van der Waals surface area contributed by atoms with Gasteiger partial charge in [-0.2, -0.15) is 0 Å². The smallest absolute Gasteiger partial charge is 0.326 e. The summed E-state index contributed by atoms with van der Waals surface area (Å²) in [5.41, 5.74) is 2.64. The standard InChI is InChI=1S/C27H18Cl2N2O6/c28-26-16-8-2-3-9-17(16)27(29,19-11-5-4-10-18(19)26)23-22(26)24(33)30(25(23)34)13-21(32)37-14-15-7-1-6-12-20(15)31(35)36/h1-12,22-23H,13-14H2/t22-,23-,26?,27?/m1/s1. The number of hydrogen-bond acceptors (Lipinski definition) is 6. The molecule has 186 valence electrons. The minimum absolute atomic E-state index is 0.192. The fourth-order valence-electron chi connectivity index (χ4n) is 6.02. The van der Waals surface area contributed by atoms with Crippen LogP contribution in [-0.2, 0) is 35.5 Å². The Morgan fingerprint density at radius 3 is 1.73 bits per heavy atom. The van der Waals surface area contributed by atoms with E-state index in [1.807, 2.05) is 24.3 Å². The van der Waals surface area contributed by atoms with Gasteiger partial charge in [0.05, 0.1) is 22.3 Å². The number of nitrogens with zero attached hydrogens (tertiary/aromatic N) is 2. The van der Waals surface area contributed by atoms with Crippen LogP contribution in [0.15, 0.2) is 72.8 Å². The van der Waals surface area contributed by atoms with Gasteiger partial charge in [-0.3, -0.25) is 29.4 Å². The Morgan fingerprint density at radius 2 is 1.27 bits per heavy atom. The van der Waals surface area contributed by atoms with Crippen LogP contribution in [0.5, 0.6) is 0 Å². The number of halogens is 2. The van der Waals surface area contributed by atoms with Crippen molar-refractivity contribution in [2.75, 3.05) is 6.54 Å². The molecule has 1 saturated heterocycles. The number of amides is 2. The Hall–Kier alpha value is -3.75. The molecule has 37 heavy (non-hydrogen) atoms. The second-order valence-electron chi connectivity index (χ2n) is 9.28. The first-order valence-corrected chi connectivity index (χ1v) is 12.3. The van der Waals surface area contributed by atoms with Crippen molar-refractivity contribution >= 4 is 46.7 Å². The van der Waals surface area contributed by atoms with Crippen LogP contribution in [0, 0.1) is 22.0 Å². The predicted molar refractivity (Wildman–Crippen MR) is 133 cm³/mol. The van der Waals surface area contributed by atoms with Crippen molar-refractivity contribution in [3.05, 3.63) is 111 Å². The van der Waals surface area contributed by atoms with Gasteiger partial charge in [0.1, 0.15) is 22.9 Å². The van der Waals surface area contributed by atoms with Gasteiger partial charge >= 0.3 is 5.97 Å². The molecule has 10 heteroatoms. The van der Waals surface area contributed by atoms with Crippen molar-refractivity contribution in [2.24, 2.45) is 11.8 Å². The summed E-state index contributed by atoms with van der Waals surface area (Å²) in [6.07, 6.45) is 0.